The second-order valence-corrected chi connectivity index (χ2v) is 6.87. The molecule has 0 aromatic rings. The third kappa shape index (κ3) is 21.9. The van der Waals surface area contributed by atoms with Crippen molar-refractivity contribution in [3.05, 3.63) is 0 Å². The Hall–Kier alpha value is -0.0800. The van der Waals surface area contributed by atoms with Crippen molar-refractivity contribution in [3.63, 3.8) is 0 Å². The SMILES string of the molecule is CCCCCCCCCCC(CO)CCCCCCCC.CO. The smallest absolute Gasteiger partial charge is 0.0459 e. The van der Waals surface area contributed by atoms with Gasteiger partial charge in [0.1, 0.15) is 0 Å². The first-order valence-electron chi connectivity index (χ1n) is 10.4. The van der Waals surface area contributed by atoms with E-state index in [9.17, 15) is 5.11 Å². The number of hydrogen-bond donors (Lipinski definition) is 2. The first kappa shape index (κ1) is 25.2. The zero-order valence-corrected chi connectivity index (χ0v) is 16.5. The summed E-state index contributed by atoms with van der Waals surface area (Å²) in [5.41, 5.74) is 0. The van der Waals surface area contributed by atoms with Crippen molar-refractivity contribution in [1.82, 2.24) is 0 Å². The summed E-state index contributed by atoms with van der Waals surface area (Å²) in [6.07, 6.45) is 21.8. The van der Waals surface area contributed by atoms with Crippen LogP contribution in [0.4, 0.5) is 0 Å². The Labute approximate surface area is 147 Å². The van der Waals surface area contributed by atoms with Crippen molar-refractivity contribution in [3.8, 4) is 0 Å². The van der Waals surface area contributed by atoms with Crippen LogP contribution in [0.3, 0.4) is 0 Å². The van der Waals surface area contributed by atoms with Crippen LogP contribution in [-0.2, 0) is 0 Å². The topological polar surface area (TPSA) is 40.5 Å². The molecular formula is C21H46O2. The van der Waals surface area contributed by atoms with E-state index < -0.39 is 0 Å². The second-order valence-electron chi connectivity index (χ2n) is 6.87. The quantitative estimate of drug-likeness (QED) is 0.299. The van der Waals surface area contributed by atoms with E-state index in [1.54, 1.807) is 0 Å². The van der Waals surface area contributed by atoms with E-state index in [2.05, 4.69) is 13.8 Å². The van der Waals surface area contributed by atoms with Crippen LogP contribution in [0, 0.1) is 5.92 Å². The van der Waals surface area contributed by atoms with Crippen LogP contribution in [0.5, 0.6) is 0 Å². The van der Waals surface area contributed by atoms with Crippen LogP contribution >= 0.6 is 0 Å². The van der Waals surface area contributed by atoms with Crippen LogP contribution in [0.2, 0.25) is 0 Å². The maximum absolute atomic E-state index is 9.47. The van der Waals surface area contributed by atoms with E-state index in [4.69, 9.17) is 5.11 Å². The van der Waals surface area contributed by atoms with Gasteiger partial charge in [0.2, 0.25) is 0 Å². The third-order valence-corrected chi connectivity index (χ3v) is 4.69. The molecule has 0 heterocycles. The molecule has 1 unspecified atom stereocenters. The van der Waals surface area contributed by atoms with Gasteiger partial charge in [-0.15, -0.1) is 0 Å². The van der Waals surface area contributed by atoms with E-state index in [0.717, 1.165) is 7.11 Å². The van der Waals surface area contributed by atoms with Crippen molar-refractivity contribution in [2.75, 3.05) is 13.7 Å². The lowest BCUT2D eigenvalue weighted by atomic mass is 9.95. The monoisotopic (exact) mass is 330 g/mol. The number of hydrogen-bond acceptors (Lipinski definition) is 2. The van der Waals surface area contributed by atoms with Crippen molar-refractivity contribution in [1.29, 1.82) is 0 Å². The predicted octanol–water partition coefficient (Wildman–Crippen LogP) is 6.48. The van der Waals surface area contributed by atoms with Gasteiger partial charge >= 0.3 is 0 Å². The molecule has 0 aromatic heterocycles. The minimum Gasteiger partial charge on any atom is -0.400 e. The highest BCUT2D eigenvalue weighted by Gasteiger charge is 2.06. The molecule has 0 bridgehead atoms. The largest absolute Gasteiger partial charge is 0.400 e. The van der Waals surface area contributed by atoms with E-state index in [-0.39, 0.29) is 0 Å². The molecule has 0 amide bonds. The molecule has 0 radical (unpaired) electrons. The highest BCUT2D eigenvalue weighted by molar-refractivity contribution is 4.59. The summed E-state index contributed by atoms with van der Waals surface area (Å²) in [5.74, 6) is 0.580. The molecule has 23 heavy (non-hydrogen) atoms. The molecule has 0 spiro atoms. The summed E-state index contributed by atoms with van der Waals surface area (Å²) in [6, 6.07) is 0. The van der Waals surface area contributed by atoms with Gasteiger partial charge in [0.15, 0.2) is 0 Å². The Morgan fingerprint density at radius 2 is 0.826 bits per heavy atom. The van der Waals surface area contributed by atoms with Gasteiger partial charge in [0.05, 0.1) is 0 Å². The number of unbranched alkanes of at least 4 members (excludes halogenated alkanes) is 12. The molecule has 142 valence electrons. The van der Waals surface area contributed by atoms with Gasteiger partial charge in [-0.1, -0.05) is 104 Å². The van der Waals surface area contributed by atoms with Gasteiger partial charge in [-0.3, -0.25) is 0 Å². The van der Waals surface area contributed by atoms with Gasteiger partial charge in [0, 0.05) is 13.7 Å². The summed E-state index contributed by atoms with van der Waals surface area (Å²) in [4.78, 5) is 0. The van der Waals surface area contributed by atoms with Gasteiger partial charge in [-0.05, 0) is 18.8 Å². The summed E-state index contributed by atoms with van der Waals surface area (Å²) >= 11 is 0. The van der Waals surface area contributed by atoms with E-state index >= 15 is 0 Å². The van der Waals surface area contributed by atoms with Crippen LogP contribution < -0.4 is 0 Å². The molecule has 2 heteroatoms. The predicted molar refractivity (Wildman–Crippen MR) is 104 cm³/mol. The fourth-order valence-corrected chi connectivity index (χ4v) is 3.11. The van der Waals surface area contributed by atoms with Crippen molar-refractivity contribution in [2.24, 2.45) is 5.92 Å². The van der Waals surface area contributed by atoms with Crippen LogP contribution in [0.25, 0.3) is 0 Å². The van der Waals surface area contributed by atoms with Crippen LogP contribution in [-0.4, -0.2) is 23.9 Å². The second kappa shape index (κ2) is 24.2. The molecule has 0 aliphatic rings. The highest BCUT2D eigenvalue weighted by atomic mass is 16.3. The molecule has 0 aliphatic carbocycles. The molecule has 1 atom stereocenters. The number of aliphatic hydroxyl groups excluding tert-OH is 2. The zero-order chi connectivity index (χ0) is 17.6. The average molecular weight is 331 g/mol. The van der Waals surface area contributed by atoms with E-state index in [0.29, 0.717) is 12.5 Å². The Morgan fingerprint density at radius 1 is 0.522 bits per heavy atom. The third-order valence-electron chi connectivity index (χ3n) is 4.69. The summed E-state index contributed by atoms with van der Waals surface area (Å²) < 4.78 is 0. The molecule has 0 aliphatic heterocycles. The molecule has 0 aromatic carbocycles. The zero-order valence-electron chi connectivity index (χ0n) is 16.5. The normalized spacial score (nSPS) is 11.9. The molecule has 2 nitrogen and oxygen atoms in total. The van der Waals surface area contributed by atoms with Gasteiger partial charge in [-0.2, -0.15) is 0 Å². The fraction of sp³-hybridized carbons (Fsp3) is 1.00. The van der Waals surface area contributed by atoms with Crippen molar-refractivity contribution >= 4 is 0 Å². The van der Waals surface area contributed by atoms with Gasteiger partial charge in [0.25, 0.3) is 0 Å². The first-order valence-corrected chi connectivity index (χ1v) is 10.4. The van der Waals surface area contributed by atoms with E-state index in [1.165, 1.54) is 103 Å². The van der Waals surface area contributed by atoms with Gasteiger partial charge in [-0.25, -0.2) is 0 Å². The standard InChI is InChI=1S/C20H42O.CH4O/c1-3-5-7-9-11-12-14-16-18-20(19-21)17-15-13-10-8-6-4-2;1-2/h20-21H,3-19H2,1-2H3;2H,1H3. The summed E-state index contributed by atoms with van der Waals surface area (Å²) in [7, 11) is 1.00. The lowest BCUT2D eigenvalue weighted by Gasteiger charge is -2.13. The maximum atomic E-state index is 9.47. The Balaban J connectivity index is 0. The Bertz CT molecular complexity index is 183. The van der Waals surface area contributed by atoms with Crippen molar-refractivity contribution < 1.29 is 10.2 Å². The molecular weight excluding hydrogens is 284 g/mol. The Morgan fingerprint density at radius 3 is 1.13 bits per heavy atom. The van der Waals surface area contributed by atoms with Crippen LogP contribution in [0.15, 0.2) is 0 Å². The summed E-state index contributed by atoms with van der Waals surface area (Å²) in [5, 5.41) is 16.5. The molecule has 0 saturated heterocycles. The number of rotatable bonds is 17. The minimum absolute atomic E-state index is 0.408. The minimum atomic E-state index is 0.408. The lowest BCUT2D eigenvalue weighted by molar-refractivity contribution is 0.204. The van der Waals surface area contributed by atoms with Crippen LogP contribution in [0.1, 0.15) is 117 Å². The molecule has 0 rings (SSSR count). The highest BCUT2D eigenvalue weighted by Crippen LogP contribution is 2.18. The fourth-order valence-electron chi connectivity index (χ4n) is 3.11. The molecule has 2 N–H and O–H groups in total. The lowest BCUT2D eigenvalue weighted by Crippen LogP contribution is -2.06. The van der Waals surface area contributed by atoms with Gasteiger partial charge < -0.3 is 10.2 Å². The Kier molecular flexibility index (Phi) is 26.5. The van der Waals surface area contributed by atoms with Crippen molar-refractivity contribution in [2.45, 2.75) is 117 Å². The molecule has 0 fully saturated rings. The average Bonchev–Trinajstić information content (AvgIpc) is 2.60. The summed E-state index contributed by atoms with van der Waals surface area (Å²) in [6.45, 7) is 4.95. The van der Waals surface area contributed by atoms with E-state index in [1.807, 2.05) is 0 Å². The first-order chi connectivity index (χ1) is 11.3. The molecule has 0 saturated carbocycles. The maximum Gasteiger partial charge on any atom is 0.0459 e. The number of aliphatic hydroxyl groups is 2.